The van der Waals surface area contributed by atoms with Gasteiger partial charge in [-0.1, -0.05) is 0 Å². The first-order valence-electron chi connectivity index (χ1n) is 12.8. The Bertz CT molecular complexity index is 1400. The molecule has 2 saturated heterocycles. The minimum Gasteiger partial charge on any atom is -0.481 e. The molecule has 0 bridgehead atoms. The maximum atomic E-state index is 12.1. The van der Waals surface area contributed by atoms with Crippen LogP contribution in [0.1, 0.15) is 41.7 Å². The SMILES string of the molecule is COc1ncc(-c2nc(N3CCCCC3)nc3c(CN4CC5CC5C4)c(C)sc23)cc1CS(C)(=O)=O. The molecule has 3 aromatic rings. The third-order valence-electron chi connectivity index (χ3n) is 7.70. The van der Waals surface area contributed by atoms with E-state index in [4.69, 9.17) is 14.7 Å². The lowest BCUT2D eigenvalue weighted by atomic mass is 10.1. The van der Waals surface area contributed by atoms with Crippen molar-refractivity contribution in [2.24, 2.45) is 11.8 Å². The number of sulfone groups is 1. The highest BCUT2D eigenvalue weighted by Crippen LogP contribution is 2.46. The van der Waals surface area contributed by atoms with Gasteiger partial charge in [0.15, 0.2) is 9.84 Å². The van der Waals surface area contributed by atoms with Crippen LogP contribution >= 0.6 is 11.3 Å². The molecule has 5 heterocycles. The molecule has 0 spiro atoms. The fourth-order valence-electron chi connectivity index (χ4n) is 5.78. The van der Waals surface area contributed by atoms with Crippen molar-refractivity contribution >= 4 is 37.3 Å². The van der Waals surface area contributed by atoms with E-state index in [2.05, 4.69) is 21.7 Å². The van der Waals surface area contributed by atoms with Crippen molar-refractivity contribution < 1.29 is 13.2 Å². The summed E-state index contributed by atoms with van der Waals surface area (Å²) in [7, 11) is -1.74. The molecule has 1 aliphatic carbocycles. The zero-order chi connectivity index (χ0) is 25.0. The fourth-order valence-corrected chi connectivity index (χ4v) is 7.67. The molecule has 0 N–H and O–H groups in total. The molecule has 8 nitrogen and oxygen atoms in total. The van der Waals surface area contributed by atoms with Crippen molar-refractivity contribution in [1.29, 1.82) is 0 Å². The van der Waals surface area contributed by atoms with Gasteiger partial charge < -0.3 is 9.64 Å². The van der Waals surface area contributed by atoms with Gasteiger partial charge in [-0.25, -0.2) is 23.4 Å². The maximum absolute atomic E-state index is 12.1. The van der Waals surface area contributed by atoms with Gasteiger partial charge in [-0.3, -0.25) is 4.90 Å². The predicted octanol–water partition coefficient (Wildman–Crippen LogP) is 4.06. The minimum atomic E-state index is -3.26. The van der Waals surface area contributed by atoms with Gasteiger partial charge in [-0.05, 0) is 50.5 Å². The van der Waals surface area contributed by atoms with Gasteiger partial charge in [-0.15, -0.1) is 11.3 Å². The number of likely N-dealkylation sites (tertiary alicyclic amines) is 1. The van der Waals surface area contributed by atoms with Crippen LogP contribution in [0.25, 0.3) is 21.5 Å². The Morgan fingerprint density at radius 3 is 2.58 bits per heavy atom. The maximum Gasteiger partial charge on any atom is 0.226 e. The Kier molecular flexibility index (Phi) is 6.16. The summed E-state index contributed by atoms with van der Waals surface area (Å²) < 4.78 is 30.6. The summed E-state index contributed by atoms with van der Waals surface area (Å²) in [6.07, 6.45) is 7.90. The van der Waals surface area contributed by atoms with E-state index < -0.39 is 9.84 Å². The van der Waals surface area contributed by atoms with E-state index in [-0.39, 0.29) is 5.75 Å². The summed E-state index contributed by atoms with van der Waals surface area (Å²) >= 11 is 1.73. The van der Waals surface area contributed by atoms with E-state index in [1.54, 1.807) is 17.5 Å². The molecule has 2 unspecified atom stereocenters. The number of aromatic nitrogens is 3. The Morgan fingerprint density at radius 2 is 1.89 bits per heavy atom. The molecule has 0 amide bonds. The topological polar surface area (TPSA) is 88.5 Å². The zero-order valence-electron chi connectivity index (χ0n) is 21.2. The van der Waals surface area contributed by atoms with Crippen LogP contribution in [-0.4, -0.2) is 67.8 Å². The molecule has 0 radical (unpaired) electrons. The number of thiophene rings is 1. The normalized spacial score (nSPS) is 22.2. The van der Waals surface area contributed by atoms with Crippen LogP contribution in [0.2, 0.25) is 0 Å². The molecule has 0 aromatic carbocycles. The van der Waals surface area contributed by atoms with Gasteiger partial charge in [0.25, 0.3) is 0 Å². The van der Waals surface area contributed by atoms with Gasteiger partial charge in [0.1, 0.15) is 0 Å². The van der Waals surface area contributed by atoms with Gasteiger partial charge >= 0.3 is 0 Å². The zero-order valence-corrected chi connectivity index (χ0v) is 22.8. The van der Waals surface area contributed by atoms with E-state index in [1.165, 1.54) is 49.7 Å². The number of pyridine rings is 1. The van der Waals surface area contributed by atoms with Crippen LogP contribution in [0.3, 0.4) is 0 Å². The first-order valence-corrected chi connectivity index (χ1v) is 15.6. The summed E-state index contributed by atoms with van der Waals surface area (Å²) in [5, 5.41) is 0. The number of fused-ring (bicyclic) bond motifs is 2. The Morgan fingerprint density at radius 1 is 1.14 bits per heavy atom. The Labute approximate surface area is 216 Å². The summed E-state index contributed by atoms with van der Waals surface area (Å²) in [6, 6.07) is 1.87. The molecule has 3 fully saturated rings. The third-order valence-corrected chi connectivity index (χ3v) is 9.68. The second-order valence-electron chi connectivity index (χ2n) is 10.6. The number of anilines is 1. The van der Waals surface area contributed by atoms with E-state index in [1.807, 2.05) is 6.07 Å². The largest absolute Gasteiger partial charge is 0.481 e. The highest BCUT2D eigenvalue weighted by atomic mass is 32.2. The van der Waals surface area contributed by atoms with E-state index >= 15 is 0 Å². The number of rotatable bonds is 7. The van der Waals surface area contributed by atoms with Crippen LogP contribution in [0.4, 0.5) is 5.95 Å². The highest BCUT2D eigenvalue weighted by Gasteiger charge is 2.45. The molecule has 1 saturated carbocycles. The molecule has 10 heteroatoms. The van der Waals surface area contributed by atoms with E-state index in [9.17, 15) is 8.42 Å². The number of hydrogen-bond acceptors (Lipinski definition) is 9. The van der Waals surface area contributed by atoms with Crippen LogP contribution in [-0.2, 0) is 22.1 Å². The van der Waals surface area contributed by atoms with Crippen molar-refractivity contribution in [3.05, 3.63) is 28.3 Å². The summed E-state index contributed by atoms with van der Waals surface area (Å²) in [6.45, 7) is 7.41. The molecule has 3 aliphatic rings. The van der Waals surface area contributed by atoms with Gasteiger partial charge in [-0.2, -0.15) is 0 Å². The predicted molar refractivity (Wildman–Crippen MR) is 143 cm³/mol. The molecule has 192 valence electrons. The second kappa shape index (κ2) is 9.22. The molecule has 36 heavy (non-hydrogen) atoms. The van der Waals surface area contributed by atoms with Crippen LogP contribution in [0.15, 0.2) is 12.3 Å². The smallest absolute Gasteiger partial charge is 0.226 e. The summed E-state index contributed by atoms with van der Waals surface area (Å²) in [4.78, 5) is 20.8. The van der Waals surface area contributed by atoms with Crippen molar-refractivity contribution in [2.75, 3.05) is 44.4 Å². The number of methoxy groups -OCH3 is 1. The number of hydrogen-bond donors (Lipinski definition) is 0. The van der Waals surface area contributed by atoms with Crippen LogP contribution in [0.5, 0.6) is 5.88 Å². The molecule has 3 aromatic heterocycles. The van der Waals surface area contributed by atoms with Crippen molar-refractivity contribution in [1.82, 2.24) is 19.9 Å². The molecule has 6 rings (SSSR count). The summed E-state index contributed by atoms with van der Waals surface area (Å²) in [5.41, 5.74) is 4.51. The molecule has 2 atom stereocenters. The van der Waals surface area contributed by atoms with Crippen LogP contribution in [0, 0.1) is 18.8 Å². The first kappa shape index (κ1) is 24.1. The average molecular weight is 528 g/mol. The van der Waals surface area contributed by atoms with Crippen molar-refractivity contribution in [2.45, 2.75) is 44.9 Å². The van der Waals surface area contributed by atoms with Crippen molar-refractivity contribution in [3.8, 4) is 17.1 Å². The second-order valence-corrected chi connectivity index (χ2v) is 14.0. The van der Waals surface area contributed by atoms with Crippen LogP contribution < -0.4 is 9.64 Å². The lowest BCUT2D eigenvalue weighted by Crippen LogP contribution is -2.31. The number of ether oxygens (including phenoxy) is 1. The highest BCUT2D eigenvalue weighted by molar-refractivity contribution is 7.89. The monoisotopic (exact) mass is 527 g/mol. The Balaban J connectivity index is 1.48. The lowest BCUT2D eigenvalue weighted by molar-refractivity contribution is 0.298. The minimum absolute atomic E-state index is 0.129. The quantitative estimate of drug-likeness (QED) is 0.455. The molecular formula is C26H33N5O3S2. The average Bonchev–Trinajstić information content (AvgIpc) is 3.34. The molecule has 2 aliphatic heterocycles. The lowest BCUT2D eigenvalue weighted by Gasteiger charge is -2.27. The summed E-state index contributed by atoms with van der Waals surface area (Å²) in [5.74, 6) is 2.75. The van der Waals surface area contributed by atoms with Gasteiger partial charge in [0.2, 0.25) is 11.8 Å². The Hall–Kier alpha value is -2.30. The molecular weight excluding hydrogens is 494 g/mol. The number of aryl methyl sites for hydroxylation is 1. The van der Waals surface area contributed by atoms with E-state index in [0.717, 1.165) is 71.7 Å². The number of nitrogens with zero attached hydrogens (tertiary/aromatic N) is 5. The third kappa shape index (κ3) is 4.70. The fraction of sp³-hybridized carbons (Fsp3) is 0.577. The van der Waals surface area contributed by atoms with Gasteiger partial charge in [0.05, 0.1) is 28.8 Å². The standard InChI is InChI=1S/C26H33N5O3S2/c1-16-21(14-30-12-18-10-19(18)13-30)23-24(35-16)22(28-26(29-23)31-7-5-4-6-8-31)17-9-20(15-36(3,32)33)25(34-2)27-11-17/h9,11,18-19H,4-8,10,12-15H2,1-3H3. The van der Waals surface area contributed by atoms with E-state index in [0.29, 0.717) is 11.4 Å². The van der Waals surface area contributed by atoms with Gasteiger partial charge in [0, 0.05) is 66.7 Å². The van der Waals surface area contributed by atoms with Crippen molar-refractivity contribution in [3.63, 3.8) is 0 Å². The first-order chi connectivity index (χ1) is 17.3. The number of piperidine rings is 2.